The van der Waals surface area contributed by atoms with Gasteiger partial charge in [-0.3, -0.25) is 14.5 Å². The molecule has 1 N–H and O–H groups in total. The van der Waals surface area contributed by atoms with Crippen LogP contribution in [0.25, 0.3) is 5.76 Å². The SMILES string of the molecule is CCCOc1ccc(/C(O)=C2\C(=O)C(=O)N(c3nc(C)c(C(=O)OCC)s3)[C@@H]2c2cccs2)cc1. The fourth-order valence-corrected chi connectivity index (χ4v) is 5.51. The Morgan fingerprint density at radius 2 is 1.91 bits per heavy atom. The van der Waals surface area contributed by atoms with Gasteiger partial charge in [0, 0.05) is 10.4 Å². The number of rotatable bonds is 8. The highest BCUT2D eigenvalue weighted by atomic mass is 32.1. The number of ether oxygens (including phenoxy) is 2. The molecule has 8 nitrogen and oxygen atoms in total. The summed E-state index contributed by atoms with van der Waals surface area (Å²) in [6, 6.07) is 9.41. The first kappa shape index (κ1) is 24.6. The van der Waals surface area contributed by atoms with Gasteiger partial charge in [0.25, 0.3) is 5.78 Å². The van der Waals surface area contributed by atoms with Crippen LogP contribution in [-0.4, -0.2) is 41.0 Å². The quantitative estimate of drug-likeness (QED) is 0.194. The highest BCUT2D eigenvalue weighted by Gasteiger charge is 2.48. The van der Waals surface area contributed by atoms with Crippen molar-refractivity contribution >= 4 is 51.2 Å². The molecule has 0 aliphatic carbocycles. The number of hydrogen-bond acceptors (Lipinski definition) is 9. The van der Waals surface area contributed by atoms with Crippen LogP contribution in [0, 0.1) is 6.92 Å². The van der Waals surface area contributed by atoms with E-state index in [-0.39, 0.29) is 27.9 Å². The van der Waals surface area contributed by atoms with Crippen molar-refractivity contribution in [1.29, 1.82) is 0 Å². The van der Waals surface area contributed by atoms with Crippen LogP contribution in [0.1, 0.15) is 52.1 Å². The fraction of sp³-hybridized carbons (Fsp3) is 0.280. The van der Waals surface area contributed by atoms with E-state index in [2.05, 4.69) is 4.98 Å². The molecule has 1 aliphatic heterocycles. The van der Waals surface area contributed by atoms with Crippen molar-refractivity contribution in [2.75, 3.05) is 18.1 Å². The van der Waals surface area contributed by atoms with E-state index in [4.69, 9.17) is 9.47 Å². The molecule has 2 aromatic heterocycles. The zero-order valence-electron chi connectivity index (χ0n) is 19.4. The first-order valence-corrected chi connectivity index (χ1v) is 12.8. The van der Waals surface area contributed by atoms with Crippen LogP contribution in [0.4, 0.5) is 5.13 Å². The van der Waals surface area contributed by atoms with Gasteiger partial charge in [0.2, 0.25) is 0 Å². The lowest BCUT2D eigenvalue weighted by Gasteiger charge is -2.21. The lowest BCUT2D eigenvalue weighted by molar-refractivity contribution is -0.132. The predicted octanol–water partition coefficient (Wildman–Crippen LogP) is 5.10. The molecule has 0 unspecified atom stereocenters. The Morgan fingerprint density at radius 3 is 2.54 bits per heavy atom. The van der Waals surface area contributed by atoms with Gasteiger partial charge in [-0.25, -0.2) is 9.78 Å². The molecule has 3 heterocycles. The maximum absolute atomic E-state index is 13.2. The number of benzene rings is 1. The number of aliphatic hydroxyl groups excluding tert-OH is 1. The molecule has 35 heavy (non-hydrogen) atoms. The molecule has 1 atom stereocenters. The number of ketones is 1. The largest absolute Gasteiger partial charge is 0.507 e. The fourth-order valence-electron chi connectivity index (χ4n) is 3.70. The summed E-state index contributed by atoms with van der Waals surface area (Å²) >= 11 is 2.33. The van der Waals surface area contributed by atoms with Crippen molar-refractivity contribution in [1.82, 2.24) is 4.98 Å². The van der Waals surface area contributed by atoms with Crippen molar-refractivity contribution in [2.45, 2.75) is 33.2 Å². The standard InChI is InChI=1S/C25H24N2O6S2/c1-4-12-33-16-10-8-15(9-11-16)20(28)18-19(17-7-6-13-34-17)27(23(30)21(18)29)25-26-14(3)22(35-25)24(31)32-5-2/h6-11,13,19,28H,4-5,12H2,1-3H3/b20-18+/t19-/m1/s1. The molecular formula is C25H24N2O6S2. The topological polar surface area (TPSA) is 106 Å². The molecule has 0 bridgehead atoms. The van der Waals surface area contributed by atoms with Gasteiger partial charge in [-0.15, -0.1) is 11.3 Å². The number of aryl methyl sites for hydroxylation is 1. The second-order valence-corrected chi connectivity index (χ2v) is 9.65. The minimum Gasteiger partial charge on any atom is -0.507 e. The van der Waals surface area contributed by atoms with Crippen LogP contribution in [0.15, 0.2) is 47.4 Å². The Labute approximate surface area is 210 Å². The predicted molar refractivity (Wildman–Crippen MR) is 134 cm³/mol. The summed E-state index contributed by atoms with van der Waals surface area (Å²) in [6.45, 7) is 6.12. The van der Waals surface area contributed by atoms with E-state index in [0.717, 1.165) is 17.8 Å². The average Bonchev–Trinajstić information content (AvgIpc) is 3.57. The van der Waals surface area contributed by atoms with Gasteiger partial charge in [-0.2, -0.15) is 0 Å². The number of amides is 1. The van der Waals surface area contributed by atoms with Crippen molar-refractivity contribution < 1.29 is 29.0 Å². The number of thiazole rings is 1. The molecule has 4 rings (SSSR count). The number of thiophene rings is 1. The molecule has 10 heteroatoms. The summed E-state index contributed by atoms with van der Waals surface area (Å²) in [6.07, 6.45) is 0.861. The number of carbonyl (C=O) groups is 3. The third-order valence-corrected chi connectivity index (χ3v) is 7.37. The third kappa shape index (κ3) is 4.71. The molecular weight excluding hydrogens is 488 g/mol. The normalized spacial score (nSPS) is 17.1. The maximum Gasteiger partial charge on any atom is 0.350 e. The van der Waals surface area contributed by atoms with E-state index >= 15 is 0 Å². The van der Waals surface area contributed by atoms with E-state index in [1.165, 1.54) is 16.2 Å². The number of aliphatic hydroxyl groups is 1. The van der Waals surface area contributed by atoms with Crippen LogP contribution in [0.2, 0.25) is 0 Å². The molecule has 0 radical (unpaired) electrons. The maximum atomic E-state index is 13.2. The number of aromatic nitrogens is 1. The minimum atomic E-state index is -0.883. The van der Waals surface area contributed by atoms with Crippen molar-refractivity contribution in [3.05, 3.63) is 68.4 Å². The molecule has 182 valence electrons. The van der Waals surface area contributed by atoms with Crippen LogP contribution in [0.3, 0.4) is 0 Å². The van der Waals surface area contributed by atoms with Gasteiger partial charge in [0.1, 0.15) is 22.4 Å². The zero-order valence-corrected chi connectivity index (χ0v) is 21.1. The first-order valence-electron chi connectivity index (χ1n) is 11.1. The van der Waals surface area contributed by atoms with E-state index in [1.54, 1.807) is 50.2 Å². The van der Waals surface area contributed by atoms with Gasteiger partial charge in [-0.05, 0) is 56.0 Å². The first-order chi connectivity index (χ1) is 16.9. The van der Waals surface area contributed by atoms with Crippen LogP contribution in [0.5, 0.6) is 5.75 Å². The van der Waals surface area contributed by atoms with Crippen molar-refractivity contribution in [2.24, 2.45) is 0 Å². The van der Waals surface area contributed by atoms with Gasteiger partial charge in [-0.1, -0.05) is 24.3 Å². The highest BCUT2D eigenvalue weighted by Crippen LogP contribution is 2.45. The Hall–Kier alpha value is -3.50. The van der Waals surface area contributed by atoms with Crippen molar-refractivity contribution in [3.63, 3.8) is 0 Å². The van der Waals surface area contributed by atoms with Gasteiger partial charge in [0.05, 0.1) is 24.5 Å². The number of Topliss-reactive ketones (excluding diaryl/α,β-unsaturated/α-hetero) is 1. The summed E-state index contributed by atoms with van der Waals surface area (Å²) in [5, 5.41) is 13.2. The molecule has 0 saturated carbocycles. The smallest absolute Gasteiger partial charge is 0.350 e. The van der Waals surface area contributed by atoms with Gasteiger partial charge >= 0.3 is 11.9 Å². The zero-order chi connectivity index (χ0) is 25.1. The lowest BCUT2D eigenvalue weighted by atomic mass is 10.00. The second-order valence-electron chi connectivity index (χ2n) is 7.69. The second kappa shape index (κ2) is 10.4. The number of anilines is 1. The van der Waals surface area contributed by atoms with Gasteiger partial charge in [0.15, 0.2) is 5.13 Å². The van der Waals surface area contributed by atoms with E-state index in [1.807, 2.05) is 12.3 Å². The van der Waals surface area contributed by atoms with Crippen LogP contribution in [-0.2, 0) is 14.3 Å². The number of nitrogens with zero attached hydrogens (tertiary/aromatic N) is 2. The lowest BCUT2D eigenvalue weighted by Crippen LogP contribution is -2.29. The van der Waals surface area contributed by atoms with Gasteiger partial charge < -0.3 is 14.6 Å². The summed E-state index contributed by atoms with van der Waals surface area (Å²) in [7, 11) is 0. The summed E-state index contributed by atoms with van der Waals surface area (Å²) in [5.74, 6) is -1.83. The Kier molecular flexibility index (Phi) is 7.32. The highest BCUT2D eigenvalue weighted by molar-refractivity contribution is 7.18. The molecule has 1 saturated heterocycles. The Morgan fingerprint density at radius 1 is 1.17 bits per heavy atom. The minimum absolute atomic E-state index is 0.0368. The Bertz CT molecular complexity index is 1280. The van der Waals surface area contributed by atoms with E-state index in [0.29, 0.717) is 28.5 Å². The molecule has 1 aliphatic rings. The third-order valence-electron chi connectivity index (χ3n) is 5.31. The summed E-state index contributed by atoms with van der Waals surface area (Å²) in [4.78, 5) is 45.3. The number of esters is 1. The summed E-state index contributed by atoms with van der Waals surface area (Å²) < 4.78 is 10.7. The number of carbonyl (C=O) groups excluding carboxylic acids is 3. The van der Waals surface area contributed by atoms with Crippen LogP contribution < -0.4 is 9.64 Å². The molecule has 0 spiro atoms. The number of hydrogen-bond donors (Lipinski definition) is 1. The molecule has 1 amide bonds. The molecule has 1 fully saturated rings. The van der Waals surface area contributed by atoms with E-state index < -0.39 is 23.7 Å². The molecule has 3 aromatic rings. The molecule has 1 aromatic carbocycles. The summed E-state index contributed by atoms with van der Waals surface area (Å²) in [5.41, 5.74) is 0.749. The average molecular weight is 513 g/mol. The van der Waals surface area contributed by atoms with Crippen molar-refractivity contribution in [3.8, 4) is 5.75 Å². The monoisotopic (exact) mass is 512 g/mol. The van der Waals surface area contributed by atoms with E-state index in [9.17, 15) is 19.5 Å². The Balaban J connectivity index is 1.79. The van der Waals surface area contributed by atoms with Crippen LogP contribution >= 0.6 is 22.7 Å².